The van der Waals surface area contributed by atoms with Crippen molar-refractivity contribution in [3.8, 4) is 0 Å². The Bertz CT molecular complexity index is 237. The summed E-state index contributed by atoms with van der Waals surface area (Å²) >= 11 is 0. The molecule has 1 N–H and O–H groups in total. The third-order valence-corrected chi connectivity index (χ3v) is 4.35. The van der Waals surface area contributed by atoms with E-state index in [-0.39, 0.29) is 1.43 Å². The second kappa shape index (κ2) is 8.20. The summed E-state index contributed by atoms with van der Waals surface area (Å²) < 4.78 is 0. The minimum Gasteiger partial charge on any atom is -0.388 e. The molecule has 4 nitrogen and oxygen atoms in total. The molecule has 0 atom stereocenters. The molecule has 2 aliphatic heterocycles. The Labute approximate surface area is 120 Å². The van der Waals surface area contributed by atoms with Crippen LogP contribution in [0.5, 0.6) is 0 Å². The minimum absolute atomic E-state index is 0. The average molecular weight is 273 g/mol. The van der Waals surface area contributed by atoms with Crippen molar-refractivity contribution < 1.29 is 6.53 Å². The number of hydrogen-bond acceptors (Lipinski definition) is 4. The first-order valence-electron chi connectivity index (χ1n) is 7.97. The summed E-state index contributed by atoms with van der Waals surface area (Å²) in [6.07, 6.45) is 1.88. The highest BCUT2D eigenvalue weighted by molar-refractivity contribution is 4.89. The van der Waals surface area contributed by atoms with E-state index in [2.05, 4.69) is 28.7 Å². The van der Waals surface area contributed by atoms with E-state index in [9.17, 15) is 5.11 Å². The molecule has 116 valence electrons. The Kier molecular flexibility index (Phi) is 7.29. The number of rotatable bonds is 3. The predicted molar refractivity (Wildman–Crippen MR) is 83.7 cm³/mol. The number of piperazine rings is 1. The number of piperidine rings is 1. The van der Waals surface area contributed by atoms with E-state index in [0.717, 1.165) is 65.2 Å². The van der Waals surface area contributed by atoms with Gasteiger partial charge in [-0.05, 0) is 26.4 Å². The molecule has 2 fully saturated rings. The van der Waals surface area contributed by atoms with Gasteiger partial charge >= 0.3 is 0 Å². The summed E-state index contributed by atoms with van der Waals surface area (Å²) in [5, 5.41) is 10.6. The van der Waals surface area contributed by atoms with Crippen molar-refractivity contribution in [3.63, 3.8) is 0 Å². The zero-order valence-electron chi connectivity index (χ0n) is 13.4. The van der Waals surface area contributed by atoms with Gasteiger partial charge in [0.2, 0.25) is 0 Å². The molecule has 19 heavy (non-hydrogen) atoms. The SMILES string of the molecule is CC.CCN1CCC(O)(CN2CCN(C)CC2)CC1.[HH]. The molecule has 0 aromatic carbocycles. The molecular weight excluding hydrogens is 238 g/mol. The first-order chi connectivity index (χ1) is 9.11. The summed E-state index contributed by atoms with van der Waals surface area (Å²) in [6, 6.07) is 0. The summed E-state index contributed by atoms with van der Waals surface area (Å²) in [4.78, 5) is 7.22. The summed E-state index contributed by atoms with van der Waals surface area (Å²) in [7, 11) is 2.17. The average Bonchev–Trinajstić information content (AvgIpc) is 2.44. The fourth-order valence-electron chi connectivity index (χ4n) is 2.87. The lowest BCUT2D eigenvalue weighted by Gasteiger charge is -2.42. The first-order valence-corrected chi connectivity index (χ1v) is 7.97. The van der Waals surface area contributed by atoms with Crippen LogP contribution in [0.25, 0.3) is 0 Å². The van der Waals surface area contributed by atoms with Crippen LogP contribution in [-0.4, -0.2) is 84.8 Å². The van der Waals surface area contributed by atoms with Gasteiger partial charge in [0.1, 0.15) is 0 Å². The summed E-state index contributed by atoms with van der Waals surface area (Å²) in [5.41, 5.74) is -0.429. The molecule has 0 aromatic heterocycles. The topological polar surface area (TPSA) is 30.0 Å². The molecule has 4 heteroatoms. The fourth-order valence-corrected chi connectivity index (χ4v) is 2.87. The molecule has 0 aromatic rings. The number of nitrogens with zero attached hydrogens (tertiary/aromatic N) is 3. The standard InChI is InChI=1S/C13H27N3O.C2H6.H2/c1-3-15-6-4-13(17,5-7-15)12-16-10-8-14(2)9-11-16;1-2;/h17H,3-12H2,1-2H3;1-2H3;1H. The molecule has 0 spiro atoms. The van der Waals surface area contributed by atoms with Gasteiger partial charge in [0, 0.05) is 47.2 Å². The molecule has 0 aliphatic carbocycles. The lowest BCUT2D eigenvalue weighted by atomic mass is 9.90. The third kappa shape index (κ3) is 5.38. The van der Waals surface area contributed by atoms with Crippen LogP contribution in [0.3, 0.4) is 0 Å². The molecule has 2 heterocycles. The zero-order chi connectivity index (χ0) is 14.3. The van der Waals surface area contributed by atoms with Crippen LogP contribution in [0, 0.1) is 0 Å². The number of β-amino-alcohol motifs (C(OH)–C–C–N with tert-alkyl or cyclic N) is 1. The van der Waals surface area contributed by atoms with Crippen molar-refractivity contribution in [2.45, 2.75) is 39.2 Å². The van der Waals surface area contributed by atoms with E-state index in [1.807, 2.05) is 13.8 Å². The van der Waals surface area contributed by atoms with Crippen molar-refractivity contribution in [2.75, 3.05) is 59.4 Å². The van der Waals surface area contributed by atoms with Crippen molar-refractivity contribution in [1.82, 2.24) is 14.7 Å². The van der Waals surface area contributed by atoms with Gasteiger partial charge < -0.3 is 14.9 Å². The van der Waals surface area contributed by atoms with Gasteiger partial charge in [-0.3, -0.25) is 4.90 Å². The second-order valence-electron chi connectivity index (χ2n) is 5.74. The third-order valence-electron chi connectivity index (χ3n) is 4.35. The van der Waals surface area contributed by atoms with E-state index >= 15 is 0 Å². The van der Waals surface area contributed by atoms with E-state index < -0.39 is 5.60 Å². The molecule has 0 bridgehead atoms. The summed E-state index contributed by atoms with van der Waals surface area (Å²) in [6.45, 7) is 14.8. The maximum atomic E-state index is 10.6. The van der Waals surface area contributed by atoms with Crippen LogP contribution in [-0.2, 0) is 0 Å². The minimum atomic E-state index is -0.429. The van der Waals surface area contributed by atoms with Gasteiger partial charge in [-0.1, -0.05) is 20.8 Å². The highest BCUT2D eigenvalue weighted by Gasteiger charge is 2.34. The molecular formula is C15H35N3O. The molecule has 0 saturated carbocycles. The van der Waals surface area contributed by atoms with Crippen LogP contribution in [0.1, 0.15) is 35.0 Å². The number of likely N-dealkylation sites (N-methyl/N-ethyl adjacent to an activating group) is 1. The van der Waals surface area contributed by atoms with Gasteiger partial charge in [-0.15, -0.1) is 0 Å². The van der Waals surface area contributed by atoms with Crippen molar-refractivity contribution in [1.29, 1.82) is 0 Å². The van der Waals surface area contributed by atoms with E-state index in [1.54, 1.807) is 0 Å². The maximum Gasteiger partial charge on any atom is 0.0798 e. The molecule has 0 unspecified atom stereocenters. The van der Waals surface area contributed by atoms with Gasteiger partial charge in [-0.2, -0.15) is 0 Å². The van der Waals surface area contributed by atoms with Gasteiger partial charge in [0.25, 0.3) is 0 Å². The van der Waals surface area contributed by atoms with Gasteiger partial charge in [-0.25, -0.2) is 0 Å². The monoisotopic (exact) mass is 273 g/mol. The van der Waals surface area contributed by atoms with Crippen molar-refractivity contribution in [3.05, 3.63) is 0 Å². The molecule has 2 aliphatic rings. The Morgan fingerprint density at radius 2 is 1.47 bits per heavy atom. The quantitative estimate of drug-likeness (QED) is 0.841. The lowest BCUT2D eigenvalue weighted by molar-refractivity contribution is -0.0505. The van der Waals surface area contributed by atoms with Gasteiger partial charge in [0.15, 0.2) is 0 Å². The largest absolute Gasteiger partial charge is 0.388 e. The smallest absolute Gasteiger partial charge is 0.0798 e. The number of aliphatic hydroxyl groups is 1. The highest BCUT2D eigenvalue weighted by atomic mass is 16.3. The van der Waals surface area contributed by atoms with Crippen LogP contribution >= 0.6 is 0 Å². The molecule has 0 radical (unpaired) electrons. The van der Waals surface area contributed by atoms with E-state index in [4.69, 9.17) is 0 Å². The lowest BCUT2D eigenvalue weighted by Crippen LogP contribution is -2.54. The molecule has 2 saturated heterocycles. The fraction of sp³-hybridized carbons (Fsp3) is 1.00. The second-order valence-corrected chi connectivity index (χ2v) is 5.74. The van der Waals surface area contributed by atoms with Crippen LogP contribution in [0.4, 0.5) is 0 Å². The van der Waals surface area contributed by atoms with Crippen molar-refractivity contribution >= 4 is 0 Å². The van der Waals surface area contributed by atoms with Gasteiger partial charge in [0.05, 0.1) is 5.60 Å². The maximum absolute atomic E-state index is 10.6. The predicted octanol–water partition coefficient (Wildman–Crippen LogP) is 1.35. The Morgan fingerprint density at radius 1 is 0.947 bits per heavy atom. The van der Waals surface area contributed by atoms with Crippen LogP contribution in [0.2, 0.25) is 0 Å². The van der Waals surface area contributed by atoms with Crippen molar-refractivity contribution in [2.24, 2.45) is 0 Å². The Morgan fingerprint density at radius 3 is 1.95 bits per heavy atom. The Hall–Kier alpha value is -0.160. The number of likely N-dealkylation sites (tertiary alicyclic amines) is 1. The summed E-state index contributed by atoms with van der Waals surface area (Å²) in [5.74, 6) is 0. The van der Waals surface area contributed by atoms with E-state index in [0.29, 0.717) is 0 Å². The first kappa shape index (κ1) is 16.9. The molecule has 0 amide bonds. The van der Waals surface area contributed by atoms with Crippen LogP contribution < -0.4 is 0 Å². The zero-order valence-corrected chi connectivity index (χ0v) is 13.4. The highest BCUT2D eigenvalue weighted by Crippen LogP contribution is 2.23. The normalized spacial score (nSPS) is 25.7. The van der Waals surface area contributed by atoms with E-state index in [1.165, 1.54) is 0 Å². The molecule has 2 rings (SSSR count). The van der Waals surface area contributed by atoms with Crippen LogP contribution in [0.15, 0.2) is 0 Å². The number of hydrogen-bond donors (Lipinski definition) is 1. The Balaban J connectivity index is 0.00000115.